The summed E-state index contributed by atoms with van der Waals surface area (Å²) in [5.41, 5.74) is 13.1. The Kier molecular flexibility index (Phi) is 10.3. The molecule has 0 unspecified atom stereocenters. The molecular weight excluding hydrogens is 636 g/mol. The summed E-state index contributed by atoms with van der Waals surface area (Å²) in [6, 6.07) is 7.80. The van der Waals surface area contributed by atoms with Gasteiger partial charge in [-0.15, -0.1) is 0 Å². The minimum Gasteiger partial charge on any atom is -0.480 e. The Morgan fingerprint density at radius 3 is 1.46 bits per heavy atom. The Hall–Kier alpha value is -6.04. The van der Waals surface area contributed by atoms with Crippen LogP contribution in [0.1, 0.15) is 84.6 Å². The zero-order chi connectivity index (χ0) is 36.3. The number of aliphatic carboxylic acids is 2. The van der Waals surface area contributed by atoms with Crippen molar-refractivity contribution in [2.45, 2.75) is 53.4 Å². The van der Waals surface area contributed by atoms with Crippen molar-refractivity contribution >= 4 is 80.3 Å². The lowest BCUT2D eigenvalue weighted by Crippen LogP contribution is -2.28. The summed E-state index contributed by atoms with van der Waals surface area (Å²) in [7, 11) is 0. The third-order valence-electron chi connectivity index (χ3n) is 9.12. The third kappa shape index (κ3) is 7.34. The second-order valence-electron chi connectivity index (χ2n) is 12.3. The molecule has 2 aliphatic heterocycles. The van der Waals surface area contributed by atoms with Crippen LogP contribution >= 0.6 is 0 Å². The molecule has 2 aliphatic rings. The van der Waals surface area contributed by atoms with Gasteiger partial charge in [0.1, 0.15) is 13.1 Å². The number of carbonyl (C=O) groups excluding carboxylic acids is 2. The minimum atomic E-state index is -1.13. The van der Waals surface area contributed by atoms with Crippen LogP contribution in [0, 0.1) is 13.8 Å². The lowest BCUT2D eigenvalue weighted by atomic mass is 9.98. The van der Waals surface area contributed by atoms with Gasteiger partial charge >= 0.3 is 11.9 Å². The number of aromatic nitrogens is 4. The molecule has 5 rings (SSSR count). The molecule has 258 valence electrons. The zero-order valence-corrected chi connectivity index (χ0v) is 28.5. The largest absolute Gasteiger partial charge is 0.480 e. The van der Waals surface area contributed by atoms with Crippen molar-refractivity contribution in [3.8, 4) is 0 Å². The number of hydrogen-bond acceptors (Lipinski definition) is 6. The maximum absolute atomic E-state index is 12.6. The number of aryl methyl sites for hydroxylation is 2. The van der Waals surface area contributed by atoms with E-state index in [9.17, 15) is 19.2 Å². The molecule has 0 aliphatic carbocycles. The first-order chi connectivity index (χ1) is 23.8. The molecule has 0 saturated heterocycles. The van der Waals surface area contributed by atoms with Gasteiger partial charge in [0, 0.05) is 46.0 Å². The van der Waals surface area contributed by atoms with E-state index in [-0.39, 0.29) is 12.8 Å². The van der Waals surface area contributed by atoms with Gasteiger partial charge in [-0.05, 0) is 98.2 Å². The number of allylic oxidation sites excluding steroid dienone is 4. The molecule has 12 heteroatoms. The van der Waals surface area contributed by atoms with Gasteiger partial charge in [-0.1, -0.05) is 25.3 Å². The van der Waals surface area contributed by atoms with Crippen LogP contribution in [0.15, 0.2) is 37.4 Å². The summed E-state index contributed by atoms with van der Waals surface area (Å²) in [4.78, 5) is 64.3. The Morgan fingerprint density at radius 2 is 1.04 bits per heavy atom. The summed E-state index contributed by atoms with van der Waals surface area (Å²) in [6.45, 7) is 15.1. The molecule has 12 nitrogen and oxygen atoms in total. The number of rotatable bonds is 12. The number of carboxylic acid groups (broad SMARTS) is 2. The van der Waals surface area contributed by atoms with E-state index < -0.39 is 36.8 Å². The van der Waals surface area contributed by atoms with E-state index in [2.05, 4.69) is 33.8 Å². The molecule has 0 aromatic carbocycles. The summed E-state index contributed by atoms with van der Waals surface area (Å²) in [6.07, 6.45) is 4.29. The molecule has 0 fully saturated rings. The van der Waals surface area contributed by atoms with Gasteiger partial charge < -0.3 is 30.8 Å². The SMILES string of the molecule is C=Cc1c(C)c2cc3[nH]c(cc4nc(cc5nc(cc1[nH]2)C(C)=C5CCC(=O)NCC(=O)O)C(CCC(=O)NCC(=O)O)=C4C)c(C)c3C=C. The number of hydrogen-bond donors (Lipinski definition) is 6. The number of nitrogens with one attached hydrogen (secondary N) is 4. The fraction of sp³-hybridized carbons (Fsp3) is 0.263. The molecule has 6 N–H and O–H groups in total. The van der Waals surface area contributed by atoms with E-state index in [1.807, 2.05) is 58.0 Å². The van der Waals surface area contributed by atoms with Gasteiger partial charge in [0.15, 0.2) is 0 Å². The van der Waals surface area contributed by atoms with Crippen LogP contribution in [0.5, 0.6) is 0 Å². The molecule has 0 saturated carbocycles. The van der Waals surface area contributed by atoms with Crippen molar-refractivity contribution in [3.05, 3.63) is 82.5 Å². The van der Waals surface area contributed by atoms with Gasteiger partial charge in [0.2, 0.25) is 11.8 Å². The Balaban J connectivity index is 1.77. The number of fused-ring (bicyclic) bond motifs is 8. The Bertz CT molecular complexity index is 2200. The molecule has 8 bridgehead atoms. The van der Waals surface area contributed by atoms with E-state index in [1.54, 1.807) is 6.08 Å². The van der Waals surface area contributed by atoms with Crippen LogP contribution in [0.25, 0.3) is 56.5 Å². The molecule has 3 aromatic heterocycles. The summed E-state index contributed by atoms with van der Waals surface area (Å²) in [5.74, 6) is -3.05. The number of nitrogens with zero attached hydrogens (tertiary/aromatic N) is 2. The van der Waals surface area contributed by atoms with Crippen LogP contribution in [-0.2, 0) is 19.2 Å². The standard InChI is InChI=1S/C38H40N6O6/c1-7-23-19(3)27-13-28-21(5)25(9-11-35(45)39-17-37(47)48)33(43-28)16-34-26(10-12-36(46)40-18-38(49)50)22(6)30(44-34)15-32-24(8-2)20(4)29(42-32)14-31(23)41-27/h7-8,13-16,41-42H,1-2,9-12,17-18H2,3-6H3,(H,39,45)(H,40,46)(H,47,48)(H,49,50). The van der Waals surface area contributed by atoms with Crippen LogP contribution < -0.4 is 10.6 Å². The van der Waals surface area contributed by atoms with Gasteiger partial charge in [0.05, 0.1) is 22.8 Å². The highest BCUT2D eigenvalue weighted by molar-refractivity contribution is 5.97. The molecule has 0 spiro atoms. The fourth-order valence-electron chi connectivity index (χ4n) is 6.31. The first kappa shape index (κ1) is 35.3. The normalized spacial score (nSPS) is 12.6. The molecule has 0 atom stereocenters. The fourth-order valence-corrected chi connectivity index (χ4v) is 6.31. The van der Waals surface area contributed by atoms with E-state index >= 15 is 0 Å². The van der Waals surface area contributed by atoms with Crippen molar-refractivity contribution in [3.63, 3.8) is 0 Å². The maximum atomic E-state index is 12.6. The van der Waals surface area contributed by atoms with Crippen LogP contribution in [0.2, 0.25) is 0 Å². The highest BCUT2D eigenvalue weighted by Crippen LogP contribution is 2.38. The Morgan fingerprint density at radius 1 is 0.640 bits per heavy atom. The second-order valence-corrected chi connectivity index (χ2v) is 12.3. The topological polar surface area (TPSA) is 190 Å². The van der Waals surface area contributed by atoms with E-state index in [4.69, 9.17) is 20.2 Å². The van der Waals surface area contributed by atoms with Crippen molar-refractivity contribution in [1.82, 2.24) is 30.6 Å². The van der Waals surface area contributed by atoms with Crippen LogP contribution in [0.3, 0.4) is 0 Å². The second kappa shape index (κ2) is 14.6. The van der Waals surface area contributed by atoms with Crippen LogP contribution in [-0.4, -0.2) is 67.0 Å². The molecule has 3 aromatic rings. The molecule has 2 amide bonds. The third-order valence-corrected chi connectivity index (χ3v) is 9.12. The average Bonchev–Trinajstić information content (AvgIpc) is 3.73. The van der Waals surface area contributed by atoms with Crippen molar-refractivity contribution in [2.75, 3.05) is 13.1 Å². The summed E-state index contributed by atoms with van der Waals surface area (Å²) in [5, 5.41) is 22.8. The molecule has 0 radical (unpaired) electrons. The lowest BCUT2D eigenvalue weighted by Gasteiger charge is -2.07. The number of carbonyl (C=O) groups is 4. The first-order valence-corrected chi connectivity index (χ1v) is 16.2. The smallest absolute Gasteiger partial charge is 0.322 e. The van der Waals surface area contributed by atoms with E-state index in [0.29, 0.717) is 35.6 Å². The van der Waals surface area contributed by atoms with Crippen LogP contribution in [0.4, 0.5) is 0 Å². The van der Waals surface area contributed by atoms with Gasteiger partial charge in [0.25, 0.3) is 0 Å². The van der Waals surface area contributed by atoms with Crippen molar-refractivity contribution in [1.29, 1.82) is 0 Å². The molecule has 50 heavy (non-hydrogen) atoms. The quantitative estimate of drug-likeness (QED) is 0.134. The van der Waals surface area contributed by atoms with Gasteiger partial charge in [-0.25, -0.2) is 9.97 Å². The Labute approximate surface area is 288 Å². The molecule has 5 heterocycles. The van der Waals surface area contributed by atoms with E-state index in [1.165, 1.54) is 0 Å². The number of carboxylic acids is 2. The number of amides is 2. The predicted octanol–water partition coefficient (Wildman–Crippen LogP) is 6.04. The monoisotopic (exact) mass is 676 g/mol. The van der Waals surface area contributed by atoms with E-state index in [0.717, 1.165) is 66.6 Å². The summed E-state index contributed by atoms with van der Waals surface area (Å²) < 4.78 is 0. The average molecular weight is 677 g/mol. The molecular formula is C38H40N6O6. The maximum Gasteiger partial charge on any atom is 0.322 e. The first-order valence-electron chi connectivity index (χ1n) is 16.2. The predicted molar refractivity (Wildman–Crippen MR) is 195 cm³/mol. The highest BCUT2D eigenvalue weighted by Gasteiger charge is 2.23. The van der Waals surface area contributed by atoms with Crippen molar-refractivity contribution in [2.24, 2.45) is 0 Å². The number of aromatic amines is 2. The lowest BCUT2D eigenvalue weighted by molar-refractivity contribution is -0.138. The van der Waals surface area contributed by atoms with Gasteiger partial charge in [-0.3, -0.25) is 19.2 Å². The highest BCUT2D eigenvalue weighted by atomic mass is 16.4. The minimum absolute atomic E-state index is 0.0433. The number of H-pyrrole nitrogens is 2. The summed E-state index contributed by atoms with van der Waals surface area (Å²) >= 11 is 0. The zero-order valence-electron chi connectivity index (χ0n) is 28.5. The van der Waals surface area contributed by atoms with Crippen molar-refractivity contribution < 1.29 is 29.4 Å². The van der Waals surface area contributed by atoms with Gasteiger partial charge in [-0.2, -0.15) is 0 Å².